The van der Waals surface area contributed by atoms with E-state index in [-0.39, 0.29) is 5.91 Å². The molecule has 0 saturated carbocycles. The molecule has 3 rings (SSSR count). The number of nitrogens with zero attached hydrogens (tertiary/aromatic N) is 4. The quantitative estimate of drug-likeness (QED) is 0.862. The van der Waals surface area contributed by atoms with E-state index in [9.17, 15) is 4.79 Å². The minimum atomic E-state index is 0.0383. The van der Waals surface area contributed by atoms with E-state index in [4.69, 9.17) is 16.1 Å². The Kier molecular flexibility index (Phi) is 4.46. The number of hydrogen-bond acceptors (Lipinski definition) is 4. The van der Waals surface area contributed by atoms with Crippen molar-refractivity contribution in [3.05, 3.63) is 40.0 Å². The van der Waals surface area contributed by atoms with Gasteiger partial charge in [0.1, 0.15) is 11.5 Å². The van der Waals surface area contributed by atoms with E-state index in [0.29, 0.717) is 23.8 Å². The van der Waals surface area contributed by atoms with Gasteiger partial charge in [0.15, 0.2) is 0 Å². The van der Waals surface area contributed by atoms with Crippen LogP contribution in [0.5, 0.6) is 0 Å². The number of aromatic nitrogens is 2. The molecule has 0 N–H and O–H groups in total. The summed E-state index contributed by atoms with van der Waals surface area (Å²) in [5, 5.41) is 4.59. The number of hydrogen-bond donors (Lipinski definition) is 0. The summed E-state index contributed by atoms with van der Waals surface area (Å²) in [6.45, 7) is 7.83. The number of halogens is 1. The Balaban J connectivity index is 1.60. The maximum atomic E-state index is 12.6. The normalized spacial score (nSPS) is 16.1. The molecule has 7 heteroatoms. The Labute approximate surface area is 140 Å². The molecule has 0 radical (unpaired) electrons. The average Bonchev–Trinajstić information content (AvgIpc) is 3.03. The molecule has 1 amide bonds. The number of piperazine rings is 1. The van der Waals surface area contributed by atoms with E-state index >= 15 is 0 Å². The molecule has 2 aromatic rings. The molecule has 0 aromatic carbocycles. The highest BCUT2D eigenvalue weighted by Gasteiger charge is 2.25. The van der Waals surface area contributed by atoms with Crippen molar-refractivity contribution in [1.29, 1.82) is 0 Å². The van der Waals surface area contributed by atoms with E-state index < -0.39 is 0 Å². The molecule has 0 unspecified atom stereocenters. The molecule has 3 heterocycles. The van der Waals surface area contributed by atoms with Crippen LogP contribution in [-0.4, -0.2) is 51.6 Å². The first-order chi connectivity index (χ1) is 11.0. The second-order valence-corrected chi connectivity index (χ2v) is 6.46. The van der Waals surface area contributed by atoms with Crippen molar-refractivity contribution in [2.75, 3.05) is 26.2 Å². The van der Waals surface area contributed by atoms with Crippen LogP contribution in [-0.2, 0) is 13.6 Å². The van der Waals surface area contributed by atoms with Crippen molar-refractivity contribution in [2.45, 2.75) is 20.4 Å². The molecular weight excluding hydrogens is 316 g/mol. The minimum absolute atomic E-state index is 0.0383. The summed E-state index contributed by atoms with van der Waals surface area (Å²) in [4.78, 5) is 16.8. The summed E-state index contributed by atoms with van der Waals surface area (Å²) in [6.07, 6.45) is 1.75. The fourth-order valence-electron chi connectivity index (χ4n) is 2.96. The average molecular weight is 337 g/mol. The van der Waals surface area contributed by atoms with Crippen LogP contribution in [0.15, 0.2) is 16.8 Å². The molecule has 0 aliphatic carbocycles. The minimum Gasteiger partial charge on any atom is -0.361 e. The van der Waals surface area contributed by atoms with Crippen molar-refractivity contribution in [3.63, 3.8) is 0 Å². The molecule has 0 atom stereocenters. The molecule has 1 aliphatic rings. The zero-order valence-corrected chi connectivity index (χ0v) is 14.4. The predicted molar refractivity (Wildman–Crippen MR) is 87.6 cm³/mol. The van der Waals surface area contributed by atoms with Gasteiger partial charge in [0, 0.05) is 51.5 Å². The first-order valence-electron chi connectivity index (χ1n) is 7.71. The summed E-state index contributed by atoms with van der Waals surface area (Å²) < 4.78 is 6.99. The summed E-state index contributed by atoms with van der Waals surface area (Å²) in [7, 11) is 1.84. The summed E-state index contributed by atoms with van der Waals surface area (Å²) >= 11 is 5.97. The SMILES string of the molecule is Cc1noc(C)c1CN1CCN(C(=O)c2cc(Cl)cn2C)CC1. The number of rotatable bonds is 3. The van der Waals surface area contributed by atoms with Crippen LogP contribution in [0.25, 0.3) is 0 Å². The van der Waals surface area contributed by atoms with Gasteiger partial charge in [-0.15, -0.1) is 0 Å². The first-order valence-corrected chi connectivity index (χ1v) is 8.08. The van der Waals surface area contributed by atoms with E-state index in [2.05, 4.69) is 10.1 Å². The highest BCUT2D eigenvalue weighted by atomic mass is 35.5. The van der Waals surface area contributed by atoms with Gasteiger partial charge in [0.2, 0.25) is 0 Å². The van der Waals surface area contributed by atoms with Crippen LogP contribution in [0, 0.1) is 13.8 Å². The van der Waals surface area contributed by atoms with E-state index in [0.717, 1.165) is 36.7 Å². The van der Waals surface area contributed by atoms with Crippen molar-refractivity contribution < 1.29 is 9.32 Å². The maximum Gasteiger partial charge on any atom is 0.270 e. The molecule has 1 saturated heterocycles. The predicted octanol–water partition coefficient (Wildman–Crippen LogP) is 2.24. The molecule has 124 valence electrons. The van der Waals surface area contributed by atoms with E-state index in [1.807, 2.05) is 25.8 Å². The van der Waals surface area contributed by atoms with Gasteiger partial charge in [-0.05, 0) is 19.9 Å². The summed E-state index contributed by atoms with van der Waals surface area (Å²) in [5.74, 6) is 0.913. The topological polar surface area (TPSA) is 54.5 Å². The third-order valence-corrected chi connectivity index (χ3v) is 4.62. The van der Waals surface area contributed by atoms with Crippen LogP contribution in [0.1, 0.15) is 27.5 Å². The second-order valence-electron chi connectivity index (χ2n) is 6.03. The number of carbonyl (C=O) groups excluding carboxylic acids is 1. The molecule has 1 fully saturated rings. The third kappa shape index (κ3) is 3.28. The molecule has 0 bridgehead atoms. The molecule has 6 nitrogen and oxygen atoms in total. The van der Waals surface area contributed by atoms with Gasteiger partial charge in [-0.2, -0.15) is 0 Å². The lowest BCUT2D eigenvalue weighted by Crippen LogP contribution is -2.48. The van der Waals surface area contributed by atoms with Gasteiger partial charge in [-0.1, -0.05) is 16.8 Å². The van der Waals surface area contributed by atoms with Crippen LogP contribution >= 0.6 is 11.6 Å². The summed E-state index contributed by atoms with van der Waals surface area (Å²) in [5.41, 5.74) is 2.73. The molecule has 2 aromatic heterocycles. The Morgan fingerprint density at radius 1 is 1.30 bits per heavy atom. The fraction of sp³-hybridized carbons (Fsp3) is 0.500. The van der Waals surface area contributed by atoms with Crippen LogP contribution in [0.2, 0.25) is 5.02 Å². The van der Waals surface area contributed by atoms with Gasteiger partial charge < -0.3 is 14.0 Å². The smallest absolute Gasteiger partial charge is 0.270 e. The van der Waals surface area contributed by atoms with Gasteiger partial charge >= 0.3 is 0 Å². The van der Waals surface area contributed by atoms with Crippen molar-refractivity contribution in [3.8, 4) is 0 Å². The monoisotopic (exact) mass is 336 g/mol. The van der Waals surface area contributed by atoms with Gasteiger partial charge in [0.05, 0.1) is 10.7 Å². The number of amides is 1. The van der Waals surface area contributed by atoms with Crippen LogP contribution < -0.4 is 0 Å². The number of carbonyl (C=O) groups is 1. The van der Waals surface area contributed by atoms with Gasteiger partial charge in [0.25, 0.3) is 5.91 Å². The maximum absolute atomic E-state index is 12.6. The van der Waals surface area contributed by atoms with Crippen molar-refractivity contribution in [2.24, 2.45) is 7.05 Å². The van der Waals surface area contributed by atoms with E-state index in [1.54, 1.807) is 16.8 Å². The lowest BCUT2D eigenvalue weighted by molar-refractivity contribution is 0.0618. The Morgan fingerprint density at radius 3 is 2.52 bits per heavy atom. The third-order valence-electron chi connectivity index (χ3n) is 4.41. The highest BCUT2D eigenvalue weighted by molar-refractivity contribution is 6.31. The lowest BCUT2D eigenvalue weighted by Gasteiger charge is -2.34. The lowest BCUT2D eigenvalue weighted by atomic mass is 10.1. The van der Waals surface area contributed by atoms with Crippen molar-refractivity contribution in [1.82, 2.24) is 19.5 Å². The molecule has 0 spiro atoms. The summed E-state index contributed by atoms with van der Waals surface area (Å²) in [6, 6.07) is 1.72. The van der Waals surface area contributed by atoms with Crippen molar-refractivity contribution >= 4 is 17.5 Å². The largest absolute Gasteiger partial charge is 0.361 e. The first kappa shape index (κ1) is 16.1. The standard InChI is InChI=1S/C16H21ClN4O2/c1-11-14(12(2)23-18-11)10-20-4-6-21(7-5-20)16(22)15-8-13(17)9-19(15)3/h8-9H,4-7,10H2,1-3H3. The molecular formula is C16H21ClN4O2. The zero-order chi connectivity index (χ0) is 16.6. The fourth-order valence-corrected chi connectivity index (χ4v) is 3.21. The Hall–Kier alpha value is -1.79. The molecule has 23 heavy (non-hydrogen) atoms. The Bertz CT molecular complexity index is 694. The van der Waals surface area contributed by atoms with Gasteiger partial charge in [-0.3, -0.25) is 9.69 Å². The molecule has 1 aliphatic heterocycles. The zero-order valence-electron chi connectivity index (χ0n) is 13.7. The van der Waals surface area contributed by atoms with Gasteiger partial charge in [-0.25, -0.2) is 0 Å². The highest BCUT2D eigenvalue weighted by Crippen LogP contribution is 2.18. The number of aryl methyl sites for hydroxylation is 3. The van der Waals surface area contributed by atoms with Crippen LogP contribution in [0.3, 0.4) is 0 Å². The van der Waals surface area contributed by atoms with E-state index in [1.165, 1.54) is 0 Å². The Morgan fingerprint density at radius 2 is 2.00 bits per heavy atom. The van der Waals surface area contributed by atoms with Crippen LogP contribution in [0.4, 0.5) is 0 Å². The second kappa shape index (κ2) is 6.37.